The van der Waals surface area contributed by atoms with Crippen molar-refractivity contribution in [3.8, 4) is 5.75 Å². The Bertz CT molecular complexity index is 726. The third kappa shape index (κ3) is 4.60. The van der Waals surface area contributed by atoms with Crippen LogP contribution in [0.4, 0.5) is 5.69 Å². The number of benzene rings is 2. The first-order valence-corrected chi connectivity index (χ1v) is 9.02. The molecule has 24 heavy (non-hydrogen) atoms. The van der Waals surface area contributed by atoms with Gasteiger partial charge in [0.2, 0.25) is 0 Å². The molecule has 0 unspecified atom stereocenters. The van der Waals surface area contributed by atoms with E-state index in [9.17, 15) is 4.79 Å². The van der Waals surface area contributed by atoms with Gasteiger partial charge in [-0.2, -0.15) is 0 Å². The third-order valence-corrected chi connectivity index (χ3v) is 4.61. The maximum atomic E-state index is 12.2. The first kappa shape index (κ1) is 18.5. The van der Waals surface area contributed by atoms with Crippen LogP contribution in [-0.2, 0) is 11.2 Å². The second kappa shape index (κ2) is 8.34. The van der Waals surface area contributed by atoms with Gasteiger partial charge in [-0.25, -0.2) is 0 Å². The number of carbonyl (C=O) groups excluding carboxylic acids is 1. The SMILES string of the molecule is CCc1cccc(C)c1NC(=O)COc1ccc(C(C)C)cc1Br. The number of anilines is 1. The van der Waals surface area contributed by atoms with Crippen LogP contribution in [0.25, 0.3) is 0 Å². The zero-order valence-corrected chi connectivity index (χ0v) is 16.2. The van der Waals surface area contributed by atoms with Crippen LogP contribution in [0, 0.1) is 6.92 Å². The fourth-order valence-electron chi connectivity index (χ4n) is 2.51. The summed E-state index contributed by atoms with van der Waals surface area (Å²) >= 11 is 3.51. The third-order valence-electron chi connectivity index (χ3n) is 3.99. The number of aryl methyl sites for hydroxylation is 2. The van der Waals surface area contributed by atoms with Crippen molar-refractivity contribution in [2.24, 2.45) is 0 Å². The van der Waals surface area contributed by atoms with Crippen molar-refractivity contribution >= 4 is 27.5 Å². The monoisotopic (exact) mass is 389 g/mol. The smallest absolute Gasteiger partial charge is 0.262 e. The molecule has 1 N–H and O–H groups in total. The van der Waals surface area contributed by atoms with Crippen LogP contribution in [0.2, 0.25) is 0 Å². The van der Waals surface area contributed by atoms with Crippen LogP contribution in [0.5, 0.6) is 5.75 Å². The minimum absolute atomic E-state index is 0.0168. The summed E-state index contributed by atoms with van der Waals surface area (Å²) in [5.74, 6) is 0.973. The summed E-state index contributed by atoms with van der Waals surface area (Å²) in [4.78, 5) is 12.2. The fraction of sp³-hybridized carbons (Fsp3) is 0.350. The van der Waals surface area contributed by atoms with E-state index in [1.807, 2.05) is 43.3 Å². The van der Waals surface area contributed by atoms with E-state index in [2.05, 4.69) is 42.0 Å². The number of rotatable bonds is 6. The second-order valence-electron chi connectivity index (χ2n) is 6.14. The molecule has 0 aromatic heterocycles. The Morgan fingerprint density at radius 3 is 2.62 bits per heavy atom. The van der Waals surface area contributed by atoms with E-state index in [1.165, 1.54) is 5.56 Å². The van der Waals surface area contributed by atoms with Gasteiger partial charge < -0.3 is 10.1 Å². The Morgan fingerprint density at radius 1 is 1.25 bits per heavy atom. The molecule has 0 spiro atoms. The number of hydrogen-bond acceptors (Lipinski definition) is 2. The normalized spacial score (nSPS) is 10.8. The molecule has 0 saturated heterocycles. The van der Waals surface area contributed by atoms with E-state index < -0.39 is 0 Å². The van der Waals surface area contributed by atoms with E-state index in [0.717, 1.165) is 27.7 Å². The Morgan fingerprint density at radius 2 is 2.00 bits per heavy atom. The summed E-state index contributed by atoms with van der Waals surface area (Å²) in [6.45, 7) is 8.34. The molecule has 0 aliphatic carbocycles. The van der Waals surface area contributed by atoms with Gasteiger partial charge in [0.1, 0.15) is 5.75 Å². The van der Waals surface area contributed by atoms with Crippen molar-refractivity contribution in [3.05, 3.63) is 57.6 Å². The van der Waals surface area contributed by atoms with Gasteiger partial charge in [-0.3, -0.25) is 4.79 Å². The molecule has 0 radical (unpaired) electrons. The van der Waals surface area contributed by atoms with Crippen LogP contribution >= 0.6 is 15.9 Å². The fourth-order valence-corrected chi connectivity index (χ4v) is 3.03. The molecule has 0 saturated carbocycles. The maximum absolute atomic E-state index is 12.2. The number of para-hydroxylation sites is 1. The van der Waals surface area contributed by atoms with Gasteiger partial charge in [0.15, 0.2) is 6.61 Å². The van der Waals surface area contributed by atoms with Crippen molar-refractivity contribution in [1.29, 1.82) is 0 Å². The van der Waals surface area contributed by atoms with E-state index in [0.29, 0.717) is 11.7 Å². The van der Waals surface area contributed by atoms with Crippen LogP contribution in [0.15, 0.2) is 40.9 Å². The quantitative estimate of drug-likeness (QED) is 0.711. The van der Waals surface area contributed by atoms with Crippen molar-refractivity contribution in [2.45, 2.75) is 40.0 Å². The van der Waals surface area contributed by atoms with Gasteiger partial charge in [-0.1, -0.05) is 45.0 Å². The molecule has 4 heteroatoms. The summed E-state index contributed by atoms with van der Waals surface area (Å²) in [5.41, 5.74) is 4.31. The predicted octanol–water partition coefficient (Wildman–Crippen LogP) is 5.46. The van der Waals surface area contributed by atoms with E-state index in [4.69, 9.17) is 4.74 Å². The number of halogens is 1. The molecule has 2 aromatic carbocycles. The molecule has 0 aliphatic heterocycles. The average Bonchev–Trinajstić information content (AvgIpc) is 2.55. The van der Waals surface area contributed by atoms with Gasteiger partial charge in [0, 0.05) is 5.69 Å². The lowest BCUT2D eigenvalue weighted by Crippen LogP contribution is -2.21. The standard InChI is InChI=1S/C20H24BrNO2/c1-5-15-8-6-7-14(4)20(15)22-19(23)12-24-18-10-9-16(13(2)3)11-17(18)21/h6-11,13H,5,12H2,1-4H3,(H,22,23). The first-order chi connectivity index (χ1) is 11.4. The molecule has 0 heterocycles. The zero-order chi connectivity index (χ0) is 17.7. The van der Waals surface area contributed by atoms with Crippen molar-refractivity contribution in [1.82, 2.24) is 0 Å². The molecule has 0 fully saturated rings. The number of ether oxygens (including phenoxy) is 1. The topological polar surface area (TPSA) is 38.3 Å². The van der Waals surface area contributed by atoms with Gasteiger partial charge in [-0.05, 0) is 64.0 Å². The lowest BCUT2D eigenvalue weighted by molar-refractivity contribution is -0.118. The summed E-state index contributed by atoms with van der Waals surface area (Å²) in [6, 6.07) is 12.0. The minimum Gasteiger partial charge on any atom is -0.483 e. The highest BCUT2D eigenvalue weighted by Gasteiger charge is 2.11. The first-order valence-electron chi connectivity index (χ1n) is 8.23. The lowest BCUT2D eigenvalue weighted by atomic mass is 10.0. The molecular weight excluding hydrogens is 366 g/mol. The van der Waals surface area contributed by atoms with Gasteiger partial charge in [0.05, 0.1) is 4.47 Å². The molecule has 2 aromatic rings. The van der Waals surface area contributed by atoms with Crippen LogP contribution in [0.1, 0.15) is 43.4 Å². The minimum atomic E-state index is -0.154. The molecule has 0 bridgehead atoms. The van der Waals surface area contributed by atoms with E-state index >= 15 is 0 Å². The largest absolute Gasteiger partial charge is 0.483 e. The number of hydrogen-bond donors (Lipinski definition) is 1. The van der Waals surface area contributed by atoms with Gasteiger partial charge >= 0.3 is 0 Å². The number of carbonyl (C=O) groups is 1. The summed E-state index contributed by atoms with van der Waals surface area (Å²) in [5, 5.41) is 2.97. The highest BCUT2D eigenvalue weighted by atomic mass is 79.9. The molecular formula is C20H24BrNO2. The molecule has 0 atom stereocenters. The Kier molecular flexibility index (Phi) is 6.44. The summed E-state index contributed by atoms with van der Waals surface area (Å²) in [6.07, 6.45) is 0.875. The molecule has 0 aliphatic rings. The van der Waals surface area contributed by atoms with E-state index in [1.54, 1.807) is 0 Å². The highest BCUT2D eigenvalue weighted by molar-refractivity contribution is 9.10. The Labute approximate surface area is 152 Å². The van der Waals surface area contributed by atoms with Crippen molar-refractivity contribution < 1.29 is 9.53 Å². The number of amides is 1. The number of nitrogens with one attached hydrogen (secondary N) is 1. The summed E-state index contributed by atoms with van der Waals surface area (Å²) in [7, 11) is 0. The molecule has 3 nitrogen and oxygen atoms in total. The predicted molar refractivity (Wildman–Crippen MR) is 103 cm³/mol. The van der Waals surface area contributed by atoms with Crippen LogP contribution < -0.4 is 10.1 Å². The van der Waals surface area contributed by atoms with Crippen LogP contribution in [-0.4, -0.2) is 12.5 Å². The molecule has 1 amide bonds. The van der Waals surface area contributed by atoms with Gasteiger partial charge in [-0.15, -0.1) is 0 Å². The lowest BCUT2D eigenvalue weighted by Gasteiger charge is -2.14. The summed E-state index contributed by atoms with van der Waals surface area (Å²) < 4.78 is 6.53. The van der Waals surface area contributed by atoms with Crippen molar-refractivity contribution in [3.63, 3.8) is 0 Å². The highest BCUT2D eigenvalue weighted by Crippen LogP contribution is 2.29. The maximum Gasteiger partial charge on any atom is 0.262 e. The Hall–Kier alpha value is -1.81. The van der Waals surface area contributed by atoms with Gasteiger partial charge in [0.25, 0.3) is 5.91 Å². The average molecular weight is 390 g/mol. The molecule has 2 rings (SSSR count). The van der Waals surface area contributed by atoms with E-state index in [-0.39, 0.29) is 12.5 Å². The van der Waals surface area contributed by atoms with Crippen LogP contribution in [0.3, 0.4) is 0 Å². The second-order valence-corrected chi connectivity index (χ2v) is 7.00. The molecule has 128 valence electrons. The van der Waals surface area contributed by atoms with Crippen molar-refractivity contribution in [2.75, 3.05) is 11.9 Å². The zero-order valence-electron chi connectivity index (χ0n) is 14.7. The Balaban J connectivity index is 2.02.